The molecule has 1 N–H and O–H groups in total. The fraction of sp³-hybridized carbons (Fsp3) is 0.381. The van der Waals surface area contributed by atoms with Crippen LogP contribution in [0, 0.1) is 5.41 Å². The van der Waals surface area contributed by atoms with Crippen LogP contribution in [0.4, 0.5) is 0 Å². The molecule has 144 valence electrons. The highest BCUT2D eigenvalue weighted by Crippen LogP contribution is 2.37. The largest absolute Gasteiger partial charge is 0.356 e. The zero-order valence-electron chi connectivity index (χ0n) is 15.6. The summed E-state index contributed by atoms with van der Waals surface area (Å²) in [6.45, 7) is 3.17. The highest BCUT2D eigenvalue weighted by molar-refractivity contribution is 7.89. The van der Waals surface area contributed by atoms with Crippen molar-refractivity contribution < 1.29 is 13.2 Å². The molecule has 0 aromatic heterocycles. The lowest BCUT2D eigenvalue weighted by Gasteiger charge is -2.40. The fourth-order valence-electron chi connectivity index (χ4n) is 3.71. The van der Waals surface area contributed by atoms with Crippen LogP contribution in [0.3, 0.4) is 0 Å². The molecule has 1 heterocycles. The molecule has 6 heteroatoms. The number of amides is 1. The van der Waals surface area contributed by atoms with Crippen molar-refractivity contribution in [3.8, 4) is 0 Å². The molecular formula is C21H26N2O3S. The first kappa shape index (κ1) is 19.6. The van der Waals surface area contributed by atoms with Gasteiger partial charge in [0.05, 0.1) is 10.3 Å². The molecule has 1 aliphatic heterocycles. The second-order valence-electron chi connectivity index (χ2n) is 7.02. The Hall–Kier alpha value is -2.18. The molecule has 2 aromatic carbocycles. The number of benzene rings is 2. The van der Waals surface area contributed by atoms with E-state index in [9.17, 15) is 13.2 Å². The third-order valence-electron chi connectivity index (χ3n) is 5.26. The summed E-state index contributed by atoms with van der Waals surface area (Å²) >= 11 is 0. The maximum atomic E-state index is 12.9. The van der Waals surface area contributed by atoms with E-state index in [4.69, 9.17) is 0 Å². The molecule has 2 aromatic rings. The van der Waals surface area contributed by atoms with Gasteiger partial charge in [-0.2, -0.15) is 4.31 Å². The molecule has 5 nitrogen and oxygen atoms in total. The first-order valence-corrected chi connectivity index (χ1v) is 10.8. The number of rotatable bonds is 6. The van der Waals surface area contributed by atoms with Crippen LogP contribution in [-0.2, 0) is 21.2 Å². The molecule has 0 bridgehead atoms. The highest BCUT2D eigenvalue weighted by Gasteiger charge is 2.43. The third-order valence-corrected chi connectivity index (χ3v) is 7.18. The number of sulfonamides is 1. The number of nitrogens with zero attached hydrogens (tertiary/aromatic N) is 1. The van der Waals surface area contributed by atoms with Gasteiger partial charge < -0.3 is 5.32 Å². The van der Waals surface area contributed by atoms with Crippen molar-refractivity contribution >= 4 is 15.9 Å². The Bertz CT molecular complexity index is 859. The summed E-state index contributed by atoms with van der Waals surface area (Å²) in [4.78, 5) is 13.2. The van der Waals surface area contributed by atoms with E-state index in [0.29, 0.717) is 43.8 Å². The van der Waals surface area contributed by atoms with Gasteiger partial charge in [-0.1, -0.05) is 48.5 Å². The summed E-state index contributed by atoms with van der Waals surface area (Å²) in [5.41, 5.74) is 0.531. The van der Waals surface area contributed by atoms with E-state index in [0.717, 1.165) is 5.56 Å². The maximum Gasteiger partial charge on any atom is 0.243 e. The second kappa shape index (κ2) is 8.23. The van der Waals surface area contributed by atoms with Gasteiger partial charge in [-0.05, 0) is 43.9 Å². The average Bonchev–Trinajstić information content (AvgIpc) is 2.70. The van der Waals surface area contributed by atoms with Gasteiger partial charge in [0.2, 0.25) is 15.9 Å². The standard InChI is InChI=1S/C21H26N2O3S/c1-2-22-20(24)21(17-18-9-5-3-6-10-18)13-15-23(16-14-21)27(25,26)19-11-7-4-8-12-19/h3-12H,2,13-17H2,1H3,(H,22,24). The zero-order chi connectivity index (χ0) is 19.3. The minimum atomic E-state index is -3.52. The number of nitrogens with one attached hydrogen (secondary N) is 1. The van der Waals surface area contributed by atoms with E-state index in [1.165, 1.54) is 4.31 Å². The molecule has 0 radical (unpaired) electrons. The van der Waals surface area contributed by atoms with Gasteiger partial charge in [0.25, 0.3) is 0 Å². The molecule has 1 fully saturated rings. The normalized spacial score (nSPS) is 17.4. The lowest BCUT2D eigenvalue weighted by atomic mass is 9.73. The van der Waals surface area contributed by atoms with E-state index in [2.05, 4.69) is 5.32 Å². The van der Waals surface area contributed by atoms with Crippen molar-refractivity contribution in [1.82, 2.24) is 9.62 Å². The summed E-state index contributed by atoms with van der Waals surface area (Å²) in [7, 11) is -3.52. The van der Waals surface area contributed by atoms with Crippen LogP contribution in [-0.4, -0.2) is 38.3 Å². The van der Waals surface area contributed by atoms with Crippen LogP contribution in [0.2, 0.25) is 0 Å². The van der Waals surface area contributed by atoms with Crippen LogP contribution in [0.15, 0.2) is 65.6 Å². The molecule has 0 spiro atoms. The maximum absolute atomic E-state index is 12.9. The lowest BCUT2D eigenvalue weighted by Crippen LogP contribution is -2.51. The first-order chi connectivity index (χ1) is 13.0. The molecule has 0 aliphatic carbocycles. The van der Waals surface area contributed by atoms with E-state index in [-0.39, 0.29) is 5.91 Å². The summed E-state index contributed by atoms with van der Waals surface area (Å²) in [5, 5.41) is 2.95. The minimum absolute atomic E-state index is 0.0191. The molecule has 1 amide bonds. The molecule has 0 atom stereocenters. The van der Waals surface area contributed by atoms with Crippen molar-refractivity contribution in [2.75, 3.05) is 19.6 Å². The number of hydrogen-bond donors (Lipinski definition) is 1. The molecule has 27 heavy (non-hydrogen) atoms. The average molecular weight is 387 g/mol. The smallest absolute Gasteiger partial charge is 0.243 e. The molecular weight excluding hydrogens is 360 g/mol. The first-order valence-electron chi connectivity index (χ1n) is 9.35. The number of carbonyl (C=O) groups excluding carboxylic acids is 1. The van der Waals surface area contributed by atoms with Gasteiger partial charge in [-0.3, -0.25) is 4.79 Å². The molecule has 1 aliphatic rings. The highest BCUT2D eigenvalue weighted by atomic mass is 32.2. The van der Waals surface area contributed by atoms with Gasteiger partial charge in [-0.25, -0.2) is 8.42 Å². The van der Waals surface area contributed by atoms with Crippen LogP contribution >= 0.6 is 0 Å². The van der Waals surface area contributed by atoms with Crippen molar-refractivity contribution in [3.05, 3.63) is 66.2 Å². The Kier molecular flexibility index (Phi) is 5.97. The van der Waals surface area contributed by atoms with Crippen LogP contribution in [0.5, 0.6) is 0 Å². The summed E-state index contributed by atoms with van der Waals surface area (Å²) in [5.74, 6) is 0.0191. The van der Waals surface area contributed by atoms with Gasteiger partial charge >= 0.3 is 0 Å². The minimum Gasteiger partial charge on any atom is -0.356 e. The molecule has 1 saturated heterocycles. The van der Waals surface area contributed by atoms with Crippen LogP contribution in [0.25, 0.3) is 0 Å². The summed E-state index contributed by atoms with van der Waals surface area (Å²) < 4.78 is 27.3. The van der Waals surface area contributed by atoms with Crippen LogP contribution in [0.1, 0.15) is 25.3 Å². The van der Waals surface area contributed by atoms with Crippen molar-refractivity contribution in [2.45, 2.75) is 31.1 Å². The lowest BCUT2D eigenvalue weighted by molar-refractivity contribution is -0.133. The van der Waals surface area contributed by atoms with Crippen LogP contribution < -0.4 is 5.32 Å². The van der Waals surface area contributed by atoms with Gasteiger partial charge in [-0.15, -0.1) is 0 Å². The van der Waals surface area contributed by atoms with Crippen molar-refractivity contribution in [2.24, 2.45) is 5.41 Å². The van der Waals surface area contributed by atoms with E-state index in [1.54, 1.807) is 30.3 Å². The van der Waals surface area contributed by atoms with Gasteiger partial charge in [0.15, 0.2) is 0 Å². The van der Waals surface area contributed by atoms with Gasteiger partial charge in [0, 0.05) is 19.6 Å². The zero-order valence-corrected chi connectivity index (χ0v) is 16.4. The SMILES string of the molecule is CCNC(=O)C1(Cc2ccccc2)CCN(S(=O)(=O)c2ccccc2)CC1. The number of hydrogen-bond acceptors (Lipinski definition) is 3. The Morgan fingerprint density at radius 2 is 1.56 bits per heavy atom. The molecule has 0 saturated carbocycles. The van der Waals surface area contributed by atoms with E-state index < -0.39 is 15.4 Å². The Morgan fingerprint density at radius 3 is 2.11 bits per heavy atom. The van der Waals surface area contributed by atoms with E-state index >= 15 is 0 Å². The number of piperidine rings is 1. The fourth-order valence-corrected chi connectivity index (χ4v) is 5.18. The van der Waals surface area contributed by atoms with Crippen molar-refractivity contribution in [3.63, 3.8) is 0 Å². The second-order valence-corrected chi connectivity index (χ2v) is 8.96. The van der Waals surface area contributed by atoms with Crippen molar-refractivity contribution in [1.29, 1.82) is 0 Å². The third kappa shape index (κ3) is 4.22. The van der Waals surface area contributed by atoms with Gasteiger partial charge in [0.1, 0.15) is 0 Å². The predicted octanol–water partition coefficient (Wildman–Crippen LogP) is 2.84. The summed E-state index contributed by atoms with van der Waals surface area (Å²) in [6, 6.07) is 18.4. The van der Waals surface area contributed by atoms with E-state index in [1.807, 2.05) is 37.3 Å². The topological polar surface area (TPSA) is 66.5 Å². The predicted molar refractivity (Wildman–Crippen MR) is 106 cm³/mol. The Balaban J connectivity index is 1.80. The monoisotopic (exact) mass is 386 g/mol. The molecule has 0 unspecified atom stereocenters. The Labute approximate surface area is 161 Å². The Morgan fingerprint density at radius 1 is 1.00 bits per heavy atom. The molecule has 3 rings (SSSR count). The quantitative estimate of drug-likeness (QED) is 0.830. The number of carbonyl (C=O) groups is 1. The summed E-state index contributed by atoms with van der Waals surface area (Å²) in [6.07, 6.45) is 1.65.